The van der Waals surface area contributed by atoms with Crippen molar-refractivity contribution in [3.63, 3.8) is 0 Å². The quantitative estimate of drug-likeness (QED) is 0.501. The average molecular weight is 499 g/mol. The van der Waals surface area contributed by atoms with Gasteiger partial charge < -0.3 is 20.7 Å². The number of ether oxygens (including phenoxy) is 1. The monoisotopic (exact) mass is 498 g/mol. The van der Waals surface area contributed by atoms with Gasteiger partial charge in [0.1, 0.15) is 16.9 Å². The van der Waals surface area contributed by atoms with Crippen LogP contribution in [0.4, 0.5) is 11.8 Å². The summed E-state index contributed by atoms with van der Waals surface area (Å²) in [4.78, 5) is 24.9. The first kappa shape index (κ1) is 22.8. The summed E-state index contributed by atoms with van der Waals surface area (Å²) in [6, 6.07) is 2.21. The van der Waals surface area contributed by atoms with Gasteiger partial charge in [-0.05, 0) is 45.1 Å². The van der Waals surface area contributed by atoms with Gasteiger partial charge in [0, 0.05) is 49.4 Å². The molecule has 3 fully saturated rings. The van der Waals surface area contributed by atoms with Gasteiger partial charge in [-0.3, -0.25) is 14.5 Å². The van der Waals surface area contributed by atoms with Crippen LogP contribution in [0.2, 0.25) is 5.02 Å². The third-order valence-corrected chi connectivity index (χ3v) is 8.64. The first-order chi connectivity index (χ1) is 16.9. The van der Waals surface area contributed by atoms with E-state index in [4.69, 9.17) is 27.1 Å². The molecular formula is C24H31ClN8O2. The summed E-state index contributed by atoms with van der Waals surface area (Å²) in [5.74, 6) is 1.25. The minimum Gasteiger partial charge on any atom is -0.376 e. The van der Waals surface area contributed by atoms with E-state index in [2.05, 4.69) is 25.4 Å². The number of piperidine rings is 1. The van der Waals surface area contributed by atoms with Gasteiger partial charge in [0.15, 0.2) is 5.65 Å². The second-order valence-corrected chi connectivity index (χ2v) is 10.6. The van der Waals surface area contributed by atoms with Crippen LogP contribution in [0.5, 0.6) is 0 Å². The van der Waals surface area contributed by atoms with Crippen molar-refractivity contribution < 1.29 is 4.74 Å². The maximum Gasteiger partial charge on any atom is 0.266 e. The van der Waals surface area contributed by atoms with Gasteiger partial charge in [0.25, 0.3) is 5.56 Å². The lowest BCUT2D eigenvalue weighted by Gasteiger charge is -2.41. The lowest BCUT2D eigenvalue weighted by molar-refractivity contribution is 0.0973. The zero-order chi connectivity index (χ0) is 24.3. The van der Waals surface area contributed by atoms with Crippen LogP contribution in [-0.2, 0) is 11.8 Å². The molecule has 1 aliphatic carbocycles. The molecule has 3 aliphatic rings. The maximum atomic E-state index is 13.5. The van der Waals surface area contributed by atoms with E-state index in [9.17, 15) is 4.79 Å². The van der Waals surface area contributed by atoms with E-state index in [1.54, 1.807) is 23.9 Å². The summed E-state index contributed by atoms with van der Waals surface area (Å²) in [6.45, 7) is 4.27. The van der Waals surface area contributed by atoms with Crippen LogP contribution in [0.25, 0.3) is 22.3 Å². The number of halogens is 1. The Balaban J connectivity index is 1.32. The SMILES string of the molecule is C[C@@H]1OCC2(CCN(c3nc4[nH]nc(-c5ccnc(NC6CCC6)c5Cl)c4c(=O)n3C)CC2)[C@@H]1N. The highest BCUT2D eigenvalue weighted by atomic mass is 35.5. The van der Waals surface area contributed by atoms with E-state index in [-0.39, 0.29) is 23.1 Å². The molecule has 0 radical (unpaired) electrons. The Labute approximate surface area is 208 Å². The second-order valence-electron chi connectivity index (χ2n) is 10.3. The van der Waals surface area contributed by atoms with Crippen LogP contribution >= 0.6 is 11.6 Å². The summed E-state index contributed by atoms with van der Waals surface area (Å²) < 4.78 is 7.45. The number of aromatic amines is 1. The summed E-state index contributed by atoms with van der Waals surface area (Å²) in [6.07, 6.45) is 7.01. The van der Waals surface area contributed by atoms with E-state index in [0.717, 1.165) is 38.8 Å². The van der Waals surface area contributed by atoms with Gasteiger partial charge in [0.05, 0.1) is 17.7 Å². The summed E-state index contributed by atoms with van der Waals surface area (Å²) in [5, 5.41) is 11.7. The molecule has 186 valence electrons. The number of anilines is 2. The van der Waals surface area contributed by atoms with Crippen LogP contribution in [0, 0.1) is 5.41 Å². The van der Waals surface area contributed by atoms with Gasteiger partial charge in [-0.15, -0.1) is 0 Å². The van der Waals surface area contributed by atoms with E-state index >= 15 is 0 Å². The number of rotatable bonds is 4. The third kappa shape index (κ3) is 3.61. The van der Waals surface area contributed by atoms with Crippen LogP contribution in [-0.4, -0.2) is 62.6 Å². The van der Waals surface area contributed by atoms with Crippen molar-refractivity contribution in [2.75, 3.05) is 29.9 Å². The molecule has 2 saturated heterocycles. The molecule has 0 unspecified atom stereocenters. The summed E-state index contributed by atoms with van der Waals surface area (Å²) in [5.41, 5.74) is 7.91. The van der Waals surface area contributed by atoms with Gasteiger partial charge in [-0.1, -0.05) is 11.6 Å². The lowest BCUT2D eigenvalue weighted by Crippen LogP contribution is -2.51. The third-order valence-electron chi connectivity index (χ3n) is 8.26. The predicted molar refractivity (Wildman–Crippen MR) is 136 cm³/mol. The molecule has 11 heteroatoms. The molecule has 10 nitrogen and oxygen atoms in total. The topological polar surface area (TPSA) is 127 Å². The van der Waals surface area contributed by atoms with Crippen molar-refractivity contribution in [2.45, 2.75) is 57.2 Å². The summed E-state index contributed by atoms with van der Waals surface area (Å²) in [7, 11) is 1.76. The molecule has 0 amide bonds. The Bertz CT molecular complexity index is 1330. The van der Waals surface area contributed by atoms with Crippen molar-refractivity contribution >= 4 is 34.4 Å². The molecule has 1 saturated carbocycles. The van der Waals surface area contributed by atoms with Gasteiger partial charge in [0.2, 0.25) is 5.95 Å². The van der Waals surface area contributed by atoms with E-state index in [1.165, 1.54) is 6.42 Å². The number of nitrogens with one attached hydrogen (secondary N) is 2. The minimum absolute atomic E-state index is 0.00333. The smallest absolute Gasteiger partial charge is 0.266 e. The Morgan fingerprint density at radius 1 is 1.31 bits per heavy atom. The number of nitrogens with zero attached hydrogens (tertiary/aromatic N) is 5. The van der Waals surface area contributed by atoms with Crippen LogP contribution in [0.1, 0.15) is 39.0 Å². The Hall–Kier alpha value is -2.69. The molecule has 3 aromatic rings. The van der Waals surface area contributed by atoms with Crippen LogP contribution in [0.15, 0.2) is 17.1 Å². The second kappa shape index (κ2) is 8.46. The highest BCUT2D eigenvalue weighted by molar-refractivity contribution is 6.36. The Kier molecular flexibility index (Phi) is 5.50. The number of nitrogens with two attached hydrogens (primary N) is 1. The lowest BCUT2D eigenvalue weighted by atomic mass is 9.73. The van der Waals surface area contributed by atoms with E-state index in [0.29, 0.717) is 51.7 Å². The molecular weight excluding hydrogens is 468 g/mol. The van der Waals surface area contributed by atoms with Crippen molar-refractivity contribution in [1.82, 2.24) is 24.7 Å². The molecule has 2 atom stereocenters. The molecule has 1 spiro atoms. The fourth-order valence-electron chi connectivity index (χ4n) is 5.63. The molecule has 3 aromatic heterocycles. The number of hydrogen-bond acceptors (Lipinski definition) is 8. The van der Waals surface area contributed by atoms with Gasteiger partial charge in [-0.25, -0.2) is 4.98 Å². The highest BCUT2D eigenvalue weighted by Crippen LogP contribution is 2.42. The number of fused-ring (bicyclic) bond motifs is 1. The summed E-state index contributed by atoms with van der Waals surface area (Å²) >= 11 is 6.72. The largest absolute Gasteiger partial charge is 0.376 e. The fourth-order valence-corrected chi connectivity index (χ4v) is 5.88. The van der Waals surface area contributed by atoms with Gasteiger partial charge in [-0.2, -0.15) is 10.1 Å². The zero-order valence-electron chi connectivity index (χ0n) is 20.1. The molecule has 0 aromatic carbocycles. The molecule has 0 bridgehead atoms. The van der Waals surface area contributed by atoms with Crippen molar-refractivity contribution in [1.29, 1.82) is 0 Å². The van der Waals surface area contributed by atoms with Crippen LogP contribution < -0.4 is 21.5 Å². The van der Waals surface area contributed by atoms with Crippen molar-refractivity contribution in [3.05, 3.63) is 27.6 Å². The first-order valence-corrected chi connectivity index (χ1v) is 12.7. The number of hydrogen-bond donors (Lipinski definition) is 3. The molecule has 35 heavy (non-hydrogen) atoms. The minimum atomic E-state index is -0.162. The van der Waals surface area contributed by atoms with E-state index in [1.807, 2.05) is 6.92 Å². The molecule has 2 aliphatic heterocycles. The number of pyridine rings is 1. The zero-order valence-corrected chi connectivity index (χ0v) is 20.8. The van der Waals surface area contributed by atoms with Crippen molar-refractivity contribution in [2.24, 2.45) is 18.2 Å². The molecule has 5 heterocycles. The molecule has 6 rings (SSSR count). The molecule has 4 N–H and O–H groups in total. The average Bonchev–Trinajstić information content (AvgIpc) is 3.37. The Morgan fingerprint density at radius 2 is 2.09 bits per heavy atom. The number of aromatic nitrogens is 5. The first-order valence-electron chi connectivity index (χ1n) is 12.4. The number of H-pyrrole nitrogens is 1. The predicted octanol–water partition coefficient (Wildman–Crippen LogP) is 2.67. The van der Waals surface area contributed by atoms with Gasteiger partial charge >= 0.3 is 0 Å². The fraction of sp³-hybridized carbons (Fsp3) is 0.583. The standard InChI is InChI=1S/C24H31ClN8O2/c1-13-19(26)24(12-35-13)7-10-33(11-8-24)23-29-20-16(22(34)32(23)2)18(30-31-20)15-6-9-27-21(17(15)25)28-14-4-3-5-14/h6,9,13-14,19H,3-5,7-8,10-12,26H2,1-2H3,(H,27,28)(H,30,31)/t13-,19+/m0/s1. The maximum absolute atomic E-state index is 13.5. The Morgan fingerprint density at radius 3 is 2.74 bits per heavy atom. The van der Waals surface area contributed by atoms with E-state index < -0.39 is 0 Å². The normalized spacial score (nSPS) is 24.3. The van der Waals surface area contributed by atoms with Crippen molar-refractivity contribution in [3.8, 4) is 11.3 Å². The highest BCUT2D eigenvalue weighted by Gasteiger charge is 2.47. The van der Waals surface area contributed by atoms with Crippen LogP contribution in [0.3, 0.4) is 0 Å².